The van der Waals surface area contributed by atoms with Gasteiger partial charge in [0, 0.05) is 12.1 Å². The molecule has 0 aliphatic heterocycles. The lowest BCUT2D eigenvalue weighted by atomic mass is 9.95. The predicted molar refractivity (Wildman–Crippen MR) is 101 cm³/mol. The SMILES string of the molecule is O=C(CNC1CCCCC1)N/N=C\c1ccc(-c2ccccc2[N+](=O)[O-])o1. The summed E-state index contributed by atoms with van der Waals surface area (Å²) in [7, 11) is 0. The van der Waals surface area contributed by atoms with E-state index in [1.807, 2.05) is 0 Å². The number of furan rings is 1. The minimum absolute atomic E-state index is 0.0302. The molecule has 0 bridgehead atoms. The molecule has 1 aromatic carbocycles. The van der Waals surface area contributed by atoms with Crippen molar-refractivity contribution >= 4 is 17.8 Å². The van der Waals surface area contributed by atoms with Crippen molar-refractivity contribution in [2.75, 3.05) is 6.54 Å². The Morgan fingerprint density at radius 1 is 1.22 bits per heavy atom. The average Bonchev–Trinajstić information content (AvgIpc) is 3.16. The van der Waals surface area contributed by atoms with Crippen LogP contribution in [0.2, 0.25) is 0 Å². The fraction of sp³-hybridized carbons (Fsp3) is 0.368. The van der Waals surface area contributed by atoms with Crippen LogP contribution in [0.4, 0.5) is 5.69 Å². The van der Waals surface area contributed by atoms with Gasteiger partial charge in [0.05, 0.1) is 23.2 Å². The predicted octanol–water partition coefficient (Wildman–Crippen LogP) is 3.23. The lowest BCUT2D eigenvalue weighted by Crippen LogP contribution is -2.38. The van der Waals surface area contributed by atoms with Crippen LogP contribution in [-0.4, -0.2) is 29.6 Å². The van der Waals surface area contributed by atoms with Crippen molar-refractivity contribution in [3.8, 4) is 11.3 Å². The van der Waals surface area contributed by atoms with Gasteiger partial charge in [-0.05, 0) is 31.0 Å². The zero-order valence-electron chi connectivity index (χ0n) is 14.9. The molecule has 0 radical (unpaired) electrons. The maximum atomic E-state index is 11.8. The molecular weight excluding hydrogens is 348 g/mol. The summed E-state index contributed by atoms with van der Waals surface area (Å²) in [5, 5.41) is 18.2. The maximum Gasteiger partial charge on any atom is 0.280 e. The molecule has 142 valence electrons. The van der Waals surface area contributed by atoms with Crippen LogP contribution >= 0.6 is 0 Å². The summed E-state index contributed by atoms with van der Waals surface area (Å²) < 4.78 is 5.58. The second kappa shape index (κ2) is 9.09. The van der Waals surface area contributed by atoms with E-state index in [0.717, 1.165) is 12.8 Å². The number of rotatable bonds is 7. The van der Waals surface area contributed by atoms with Gasteiger partial charge in [-0.3, -0.25) is 14.9 Å². The Morgan fingerprint density at radius 3 is 2.78 bits per heavy atom. The molecular formula is C19H22N4O4. The first-order valence-corrected chi connectivity index (χ1v) is 9.02. The third kappa shape index (κ3) is 5.24. The zero-order valence-corrected chi connectivity index (χ0v) is 14.9. The number of nitro groups is 1. The Hall–Kier alpha value is -3.00. The third-order valence-corrected chi connectivity index (χ3v) is 4.53. The Bertz CT molecular complexity index is 825. The number of benzene rings is 1. The number of para-hydroxylation sites is 1. The number of hydrogen-bond donors (Lipinski definition) is 2. The van der Waals surface area contributed by atoms with E-state index >= 15 is 0 Å². The first-order valence-electron chi connectivity index (χ1n) is 9.02. The van der Waals surface area contributed by atoms with Crippen molar-refractivity contribution in [3.05, 3.63) is 52.3 Å². The van der Waals surface area contributed by atoms with Crippen LogP contribution in [0, 0.1) is 10.1 Å². The van der Waals surface area contributed by atoms with Gasteiger partial charge in [-0.2, -0.15) is 5.10 Å². The molecule has 8 heteroatoms. The van der Waals surface area contributed by atoms with Gasteiger partial charge in [0.2, 0.25) is 0 Å². The second-order valence-corrected chi connectivity index (χ2v) is 6.49. The molecule has 1 amide bonds. The van der Waals surface area contributed by atoms with Gasteiger partial charge in [0.15, 0.2) is 0 Å². The Balaban J connectivity index is 1.53. The summed E-state index contributed by atoms with van der Waals surface area (Å²) in [4.78, 5) is 22.5. The quantitative estimate of drug-likeness (QED) is 0.442. The lowest BCUT2D eigenvalue weighted by molar-refractivity contribution is -0.384. The van der Waals surface area contributed by atoms with E-state index in [9.17, 15) is 14.9 Å². The van der Waals surface area contributed by atoms with Crippen LogP contribution in [-0.2, 0) is 4.79 Å². The minimum atomic E-state index is -0.453. The highest BCUT2D eigenvalue weighted by Crippen LogP contribution is 2.30. The van der Waals surface area contributed by atoms with Gasteiger partial charge in [-0.25, -0.2) is 5.43 Å². The van der Waals surface area contributed by atoms with E-state index in [1.165, 1.54) is 31.5 Å². The number of nitrogens with zero attached hydrogens (tertiary/aromatic N) is 2. The van der Waals surface area contributed by atoms with E-state index in [0.29, 0.717) is 23.1 Å². The summed E-state index contributed by atoms with van der Waals surface area (Å²) >= 11 is 0. The number of carbonyl (C=O) groups excluding carboxylic acids is 1. The highest BCUT2D eigenvalue weighted by Gasteiger charge is 2.17. The van der Waals surface area contributed by atoms with Gasteiger partial charge < -0.3 is 9.73 Å². The van der Waals surface area contributed by atoms with Crippen molar-refractivity contribution < 1.29 is 14.1 Å². The number of hydrazone groups is 1. The van der Waals surface area contributed by atoms with E-state index in [2.05, 4.69) is 15.8 Å². The van der Waals surface area contributed by atoms with Gasteiger partial charge >= 0.3 is 0 Å². The molecule has 1 aliphatic rings. The second-order valence-electron chi connectivity index (χ2n) is 6.49. The summed E-state index contributed by atoms with van der Waals surface area (Å²) in [6.07, 6.45) is 7.27. The summed E-state index contributed by atoms with van der Waals surface area (Å²) in [5.41, 5.74) is 2.81. The Labute approximate surface area is 156 Å². The lowest BCUT2D eigenvalue weighted by Gasteiger charge is -2.22. The molecule has 1 fully saturated rings. The topological polar surface area (TPSA) is 110 Å². The Morgan fingerprint density at radius 2 is 2.00 bits per heavy atom. The Kier molecular flexibility index (Phi) is 6.32. The van der Waals surface area contributed by atoms with Crippen molar-refractivity contribution in [3.63, 3.8) is 0 Å². The van der Waals surface area contributed by atoms with Crippen molar-refractivity contribution in [1.82, 2.24) is 10.7 Å². The summed E-state index contributed by atoms with van der Waals surface area (Å²) in [6, 6.07) is 10.0. The molecule has 1 aliphatic carbocycles. The van der Waals surface area contributed by atoms with Crippen molar-refractivity contribution in [2.45, 2.75) is 38.1 Å². The molecule has 1 aromatic heterocycles. The molecule has 2 aromatic rings. The molecule has 0 spiro atoms. The highest BCUT2D eigenvalue weighted by molar-refractivity contribution is 5.82. The number of nitrogens with one attached hydrogen (secondary N) is 2. The molecule has 2 N–H and O–H groups in total. The third-order valence-electron chi connectivity index (χ3n) is 4.53. The number of carbonyl (C=O) groups is 1. The van der Waals surface area contributed by atoms with Crippen LogP contribution in [0.15, 0.2) is 45.9 Å². The standard InChI is InChI=1S/C19H22N4O4/c24-19(13-20-14-6-2-1-3-7-14)22-21-12-15-10-11-18(27-15)16-8-4-5-9-17(16)23(25)26/h4-5,8-12,14,20H,1-3,6-7,13H2,(H,22,24)/b21-12-. The fourth-order valence-corrected chi connectivity index (χ4v) is 3.16. The van der Waals surface area contributed by atoms with E-state index in [1.54, 1.807) is 30.3 Å². The number of nitro benzene ring substituents is 1. The molecule has 0 atom stereocenters. The minimum Gasteiger partial charge on any atom is -0.455 e. The fourth-order valence-electron chi connectivity index (χ4n) is 3.16. The molecule has 0 saturated heterocycles. The van der Waals surface area contributed by atoms with Crippen LogP contribution in [0.1, 0.15) is 37.9 Å². The van der Waals surface area contributed by atoms with E-state index in [-0.39, 0.29) is 18.1 Å². The molecule has 27 heavy (non-hydrogen) atoms. The maximum absolute atomic E-state index is 11.8. The average molecular weight is 370 g/mol. The first kappa shape index (κ1) is 18.8. The highest BCUT2D eigenvalue weighted by atomic mass is 16.6. The van der Waals surface area contributed by atoms with Gasteiger partial charge in [0.1, 0.15) is 11.5 Å². The molecule has 1 heterocycles. The van der Waals surface area contributed by atoms with E-state index in [4.69, 9.17) is 4.42 Å². The monoisotopic (exact) mass is 370 g/mol. The van der Waals surface area contributed by atoms with Crippen LogP contribution in [0.5, 0.6) is 0 Å². The molecule has 3 rings (SSSR count). The smallest absolute Gasteiger partial charge is 0.280 e. The van der Waals surface area contributed by atoms with E-state index < -0.39 is 4.92 Å². The summed E-state index contributed by atoms with van der Waals surface area (Å²) in [5.74, 6) is 0.542. The zero-order chi connectivity index (χ0) is 19.1. The van der Waals surface area contributed by atoms with Crippen molar-refractivity contribution in [1.29, 1.82) is 0 Å². The molecule has 8 nitrogen and oxygen atoms in total. The van der Waals surface area contributed by atoms with Crippen molar-refractivity contribution in [2.24, 2.45) is 5.10 Å². The first-order chi connectivity index (χ1) is 13.1. The number of hydrogen-bond acceptors (Lipinski definition) is 6. The van der Waals surface area contributed by atoms with Gasteiger partial charge in [-0.15, -0.1) is 0 Å². The largest absolute Gasteiger partial charge is 0.455 e. The van der Waals surface area contributed by atoms with Crippen LogP contribution < -0.4 is 10.7 Å². The number of amides is 1. The van der Waals surface area contributed by atoms with Gasteiger partial charge in [-0.1, -0.05) is 31.4 Å². The van der Waals surface area contributed by atoms with Crippen LogP contribution in [0.3, 0.4) is 0 Å². The molecule has 1 saturated carbocycles. The normalized spacial score (nSPS) is 15.1. The molecule has 0 unspecified atom stereocenters. The van der Waals surface area contributed by atoms with Crippen LogP contribution in [0.25, 0.3) is 11.3 Å². The summed E-state index contributed by atoms with van der Waals surface area (Å²) in [6.45, 7) is 0.224. The van der Waals surface area contributed by atoms with Gasteiger partial charge in [0.25, 0.3) is 11.6 Å².